The van der Waals surface area contributed by atoms with E-state index in [1.807, 2.05) is 19.1 Å². The Labute approximate surface area is 209 Å². The lowest BCUT2D eigenvalue weighted by Gasteiger charge is -2.27. The molecule has 4 N–H and O–H groups in total. The zero-order valence-corrected chi connectivity index (χ0v) is 20.5. The summed E-state index contributed by atoms with van der Waals surface area (Å²) in [6, 6.07) is 3.64. The first-order valence-electron chi connectivity index (χ1n) is 11.9. The van der Waals surface area contributed by atoms with Crippen molar-refractivity contribution in [1.29, 1.82) is 0 Å². The largest absolute Gasteiger partial charge is 0.494 e. The number of hydrogen-bond donors (Lipinski definition) is 3. The molecule has 1 fully saturated rings. The van der Waals surface area contributed by atoms with Gasteiger partial charge in [-0.2, -0.15) is 4.98 Å². The molecule has 2 bridgehead atoms. The molecule has 4 atom stereocenters. The minimum absolute atomic E-state index is 0.121. The monoisotopic (exact) mass is 496 g/mol. The maximum atomic E-state index is 12.5. The molecule has 184 valence electrons. The van der Waals surface area contributed by atoms with Crippen molar-refractivity contribution in [2.24, 2.45) is 23.5 Å². The lowest BCUT2D eigenvalue weighted by molar-refractivity contribution is -0.122. The van der Waals surface area contributed by atoms with Crippen LogP contribution in [0.15, 0.2) is 30.5 Å². The highest BCUT2D eigenvalue weighted by atomic mass is 35.5. The number of hydrogen-bond acceptors (Lipinski definition) is 7. The number of benzene rings is 1. The molecule has 2 aliphatic carbocycles. The summed E-state index contributed by atoms with van der Waals surface area (Å²) >= 11 is 6.41. The van der Waals surface area contributed by atoms with Crippen LogP contribution in [0.5, 0.6) is 5.75 Å². The lowest BCUT2D eigenvalue weighted by Crippen LogP contribution is -2.41. The Kier molecular flexibility index (Phi) is 6.27. The smallest absolute Gasteiger partial charge is 0.229 e. The molecule has 0 saturated heterocycles. The number of nitrogens with one attached hydrogen (secondary N) is 2. The van der Waals surface area contributed by atoms with Gasteiger partial charge in [-0.05, 0) is 50.2 Å². The summed E-state index contributed by atoms with van der Waals surface area (Å²) in [5.41, 5.74) is 8.25. The number of halogens is 1. The number of rotatable bonds is 7. The summed E-state index contributed by atoms with van der Waals surface area (Å²) in [4.78, 5) is 35.3. The summed E-state index contributed by atoms with van der Waals surface area (Å²) in [5, 5.41) is 6.95. The number of ether oxygens (including phenoxy) is 1. The quantitative estimate of drug-likeness (QED) is 0.500. The first kappa shape index (κ1) is 23.4. The first-order valence-corrected chi connectivity index (χ1v) is 12.3. The molecule has 1 aromatic heterocycles. The number of amides is 2. The normalized spacial score (nSPS) is 24.8. The molecule has 1 saturated carbocycles. The van der Waals surface area contributed by atoms with E-state index in [4.69, 9.17) is 22.1 Å². The van der Waals surface area contributed by atoms with Crippen LogP contribution in [0.4, 0.5) is 23.1 Å². The fraction of sp³-hybridized carbons (Fsp3) is 0.440. The highest BCUT2D eigenvalue weighted by Crippen LogP contribution is 2.45. The summed E-state index contributed by atoms with van der Waals surface area (Å²) in [7, 11) is 1.62. The molecular weight excluding hydrogens is 468 g/mol. The van der Waals surface area contributed by atoms with Gasteiger partial charge in [0.15, 0.2) is 5.82 Å². The molecule has 35 heavy (non-hydrogen) atoms. The van der Waals surface area contributed by atoms with Gasteiger partial charge in [0, 0.05) is 24.6 Å². The Morgan fingerprint density at radius 2 is 2.09 bits per heavy atom. The molecule has 1 aliphatic heterocycles. The van der Waals surface area contributed by atoms with Gasteiger partial charge in [0.25, 0.3) is 0 Å². The van der Waals surface area contributed by atoms with E-state index >= 15 is 0 Å². The maximum absolute atomic E-state index is 12.5. The molecule has 0 radical (unpaired) electrons. The van der Waals surface area contributed by atoms with Crippen LogP contribution in [0.3, 0.4) is 0 Å². The van der Waals surface area contributed by atoms with E-state index in [-0.39, 0.29) is 35.6 Å². The van der Waals surface area contributed by atoms with E-state index in [9.17, 15) is 9.59 Å². The standard InChI is InChI=1S/C25H29ClN6O3/c1-3-32-18-10-9-17(22(35-2)15(18)5-4-6-19(32)33)29-25-28-12-16(26)24(31-25)30-21-14-8-7-13(11-14)20(21)23(27)34/h7-10,12-14,20-21H,3-6,11H2,1-2H3,(H2,27,34)(H2,28,29,30,31)/t13-,14-,20-,21+/m0/s1. The zero-order valence-electron chi connectivity index (χ0n) is 19.8. The highest BCUT2D eigenvalue weighted by Gasteiger charge is 2.47. The second-order valence-corrected chi connectivity index (χ2v) is 9.60. The van der Waals surface area contributed by atoms with Crippen LogP contribution in [-0.2, 0) is 16.0 Å². The maximum Gasteiger partial charge on any atom is 0.229 e. The number of fused-ring (bicyclic) bond motifs is 3. The average molecular weight is 497 g/mol. The predicted molar refractivity (Wildman–Crippen MR) is 135 cm³/mol. The van der Waals surface area contributed by atoms with E-state index in [1.54, 1.807) is 12.0 Å². The van der Waals surface area contributed by atoms with Crippen LogP contribution < -0.4 is 26.0 Å². The molecular formula is C25H29ClN6O3. The number of carbonyl (C=O) groups excluding carboxylic acids is 2. The highest BCUT2D eigenvalue weighted by molar-refractivity contribution is 6.32. The van der Waals surface area contributed by atoms with Crippen molar-refractivity contribution in [2.45, 2.75) is 38.6 Å². The Balaban J connectivity index is 1.43. The molecule has 9 nitrogen and oxygen atoms in total. The van der Waals surface area contributed by atoms with Crippen molar-refractivity contribution in [3.8, 4) is 5.75 Å². The van der Waals surface area contributed by atoms with Crippen molar-refractivity contribution < 1.29 is 14.3 Å². The van der Waals surface area contributed by atoms with Gasteiger partial charge in [0.05, 0.1) is 30.6 Å². The summed E-state index contributed by atoms with van der Waals surface area (Å²) < 4.78 is 5.78. The second kappa shape index (κ2) is 9.37. The molecule has 2 amide bonds. The van der Waals surface area contributed by atoms with Crippen molar-refractivity contribution in [1.82, 2.24) is 9.97 Å². The molecule has 2 heterocycles. The third-order valence-corrected chi connectivity index (χ3v) is 7.52. The number of aromatic nitrogens is 2. The summed E-state index contributed by atoms with van der Waals surface area (Å²) in [6.07, 6.45) is 8.61. The number of nitrogens with two attached hydrogens (primary N) is 1. The van der Waals surface area contributed by atoms with Crippen LogP contribution in [0, 0.1) is 17.8 Å². The Morgan fingerprint density at radius 3 is 2.83 bits per heavy atom. The number of anilines is 4. The van der Waals surface area contributed by atoms with Gasteiger partial charge in [-0.3, -0.25) is 9.59 Å². The summed E-state index contributed by atoms with van der Waals surface area (Å²) in [5.74, 6) is 1.28. The van der Waals surface area contributed by atoms with Crippen molar-refractivity contribution in [2.75, 3.05) is 29.2 Å². The van der Waals surface area contributed by atoms with Gasteiger partial charge >= 0.3 is 0 Å². The van der Waals surface area contributed by atoms with Crippen LogP contribution in [0.25, 0.3) is 0 Å². The predicted octanol–water partition coefficient (Wildman–Crippen LogP) is 3.66. The van der Waals surface area contributed by atoms with E-state index in [1.165, 1.54) is 6.20 Å². The first-order chi connectivity index (χ1) is 16.9. The molecule has 0 unspecified atom stereocenters. The van der Waals surface area contributed by atoms with Crippen LogP contribution in [0.2, 0.25) is 5.02 Å². The van der Waals surface area contributed by atoms with E-state index in [0.717, 1.165) is 30.5 Å². The van der Waals surface area contributed by atoms with E-state index in [2.05, 4.69) is 32.8 Å². The van der Waals surface area contributed by atoms with Crippen molar-refractivity contribution in [3.63, 3.8) is 0 Å². The zero-order chi connectivity index (χ0) is 24.7. The number of allylic oxidation sites excluding steroid dienone is 1. The van der Waals surface area contributed by atoms with E-state index < -0.39 is 0 Å². The third kappa shape index (κ3) is 4.18. The Bertz CT molecular complexity index is 1200. The number of carbonyl (C=O) groups is 2. The lowest BCUT2D eigenvalue weighted by atomic mass is 9.88. The van der Waals surface area contributed by atoms with Crippen LogP contribution in [-0.4, -0.2) is 41.5 Å². The molecule has 10 heteroatoms. The minimum atomic E-state index is -0.322. The van der Waals surface area contributed by atoms with Gasteiger partial charge < -0.3 is 26.0 Å². The average Bonchev–Trinajstić information content (AvgIpc) is 3.40. The fourth-order valence-corrected chi connectivity index (χ4v) is 5.84. The third-order valence-electron chi connectivity index (χ3n) is 7.25. The van der Waals surface area contributed by atoms with Crippen molar-refractivity contribution in [3.05, 3.63) is 41.1 Å². The van der Waals surface area contributed by atoms with Gasteiger partial charge in [0.2, 0.25) is 17.8 Å². The number of nitrogens with zero attached hydrogens (tertiary/aromatic N) is 3. The molecule has 3 aliphatic rings. The van der Waals surface area contributed by atoms with Crippen LogP contribution >= 0.6 is 11.6 Å². The Hall–Kier alpha value is -3.33. The molecule has 5 rings (SSSR count). The minimum Gasteiger partial charge on any atom is -0.494 e. The fourth-order valence-electron chi connectivity index (χ4n) is 5.69. The summed E-state index contributed by atoms with van der Waals surface area (Å²) in [6.45, 7) is 2.57. The molecule has 0 spiro atoms. The van der Waals surface area contributed by atoms with Gasteiger partial charge in [-0.1, -0.05) is 23.8 Å². The Morgan fingerprint density at radius 1 is 1.29 bits per heavy atom. The van der Waals surface area contributed by atoms with Crippen LogP contribution in [0.1, 0.15) is 31.7 Å². The topological polar surface area (TPSA) is 122 Å². The second-order valence-electron chi connectivity index (χ2n) is 9.20. The van der Waals surface area contributed by atoms with Gasteiger partial charge in [-0.15, -0.1) is 0 Å². The number of primary amides is 1. The van der Waals surface area contributed by atoms with Gasteiger partial charge in [0.1, 0.15) is 10.8 Å². The molecule has 2 aromatic rings. The number of methoxy groups -OCH3 is 1. The van der Waals surface area contributed by atoms with Crippen molar-refractivity contribution >= 4 is 46.6 Å². The SMILES string of the molecule is CCN1C(=O)CCCc2c1ccc(Nc1ncc(Cl)c(N[C@H]3[C@@H](C(N)=O)[C@H]4C=C[C@H]3C4)n1)c2OC. The van der Waals surface area contributed by atoms with E-state index in [0.29, 0.717) is 41.2 Å². The molecule has 1 aromatic carbocycles. The van der Waals surface area contributed by atoms with Gasteiger partial charge in [-0.25, -0.2) is 4.98 Å².